The van der Waals surface area contributed by atoms with Crippen molar-refractivity contribution in [3.63, 3.8) is 0 Å². The van der Waals surface area contributed by atoms with Gasteiger partial charge < -0.3 is 9.84 Å². The number of hydrogen-bond donors (Lipinski definition) is 1. The molecule has 0 aliphatic carbocycles. The second kappa shape index (κ2) is 5.13. The third kappa shape index (κ3) is 2.51. The lowest BCUT2D eigenvalue weighted by Crippen LogP contribution is -2.22. The van der Waals surface area contributed by atoms with E-state index in [1.54, 1.807) is 30.9 Å². The van der Waals surface area contributed by atoms with E-state index in [9.17, 15) is 9.90 Å². The molecule has 6 heteroatoms. The standard InChI is InChI=1S/C17H17ClN2O3/c1-9-5-12(20-8-11(18)7-19-20)6-10(2)13(9)14-15(21)17(3,4)23-16(14)22/h5-8,21H,1-4H3. The lowest BCUT2D eigenvalue weighted by atomic mass is 9.92. The molecule has 1 aliphatic rings. The molecule has 0 bridgehead atoms. The number of ether oxygens (including phenoxy) is 1. The highest BCUT2D eigenvalue weighted by molar-refractivity contribution is 6.30. The number of carbonyl (C=O) groups is 1. The van der Waals surface area contributed by atoms with Gasteiger partial charge in [0.25, 0.3) is 0 Å². The summed E-state index contributed by atoms with van der Waals surface area (Å²) in [6.45, 7) is 7.10. The fourth-order valence-electron chi connectivity index (χ4n) is 2.86. The molecule has 2 aromatic rings. The SMILES string of the molecule is Cc1cc(-n2cc(Cl)cn2)cc(C)c1C1=C(O)C(C)(C)OC1=O. The van der Waals surface area contributed by atoms with Gasteiger partial charge in [-0.05, 0) is 56.5 Å². The summed E-state index contributed by atoms with van der Waals surface area (Å²) in [6.07, 6.45) is 3.27. The molecule has 3 rings (SSSR count). The first-order valence-corrected chi connectivity index (χ1v) is 7.57. The van der Waals surface area contributed by atoms with Crippen LogP contribution in [-0.4, -0.2) is 26.5 Å². The molecule has 1 aromatic carbocycles. The Hall–Kier alpha value is -2.27. The lowest BCUT2D eigenvalue weighted by molar-refractivity contribution is -0.143. The van der Waals surface area contributed by atoms with Gasteiger partial charge in [-0.1, -0.05) is 11.6 Å². The van der Waals surface area contributed by atoms with E-state index in [4.69, 9.17) is 16.3 Å². The van der Waals surface area contributed by atoms with Crippen LogP contribution in [0.25, 0.3) is 11.3 Å². The topological polar surface area (TPSA) is 64.3 Å². The smallest absolute Gasteiger partial charge is 0.343 e. The summed E-state index contributed by atoms with van der Waals surface area (Å²) in [5.41, 5.74) is 2.46. The van der Waals surface area contributed by atoms with Crippen molar-refractivity contribution in [1.82, 2.24) is 9.78 Å². The Morgan fingerprint density at radius 3 is 2.30 bits per heavy atom. The van der Waals surface area contributed by atoms with E-state index in [1.807, 2.05) is 26.0 Å². The van der Waals surface area contributed by atoms with Crippen molar-refractivity contribution in [3.05, 3.63) is 52.0 Å². The molecular weight excluding hydrogens is 316 g/mol. The van der Waals surface area contributed by atoms with E-state index < -0.39 is 11.6 Å². The Bertz CT molecular complexity index is 826. The van der Waals surface area contributed by atoms with Gasteiger partial charge in [0.15, 0.2) is 11.4 Å². The van der Waals surface area contributed by atoms with Gasteiger partial charge in [-0.15, -0.1) is 0 Å². The number of halogens is 1. The molecule has 0 spiro atoms. The summed E-state index contributed by atoms with van der Waals surface area (Å²) in [6, 6.07) is 3.79. The summed E-state index contributed by atoms with van der Waals surface area (Å²) >= 11 is 5.91. The number of cyclic esters (lactones) is 1. The minimum absolute atomic E-state index is 0.0383. The second-order valence-corrected chi connectivity index (χ2v) is 6.62. The molecule has 0 radical (unpaired) electrons. The summed E-state index contributed by atoms with van der Waals surface area (Å²) in [5, 5.41) is 15.1. The number of carbonyl (C=O) groups excluding carboxylic acids is 1. The highest BCUT2D eigenvalue weighted by Crippen LogP contribution is 2.38. The average molecular weight is 333 g/mol. The molecule has 5 nitrogen and oxygen atoms in total. The summed E-state index contributed by atoms with van der Waals surface area (Å²) in [4.78, 5) is 12.2. The van der Waals surface area contributed by atoms with Gasteiger partial charge in [-0.25, -0.2) is 9.48 Å². The van der Waals surface area contributed by atoms with Crippen LogP contribution >= 0.6 is 11.6 Å². The van der Waals surface area contributed by atoms with Gasteiger partial charge in [0, 0.05) is 6.20 Å². The van der Waals surface area contributed by atoms with Crippen molar-refractivity contribution in [2.45, 2.75) is 33.3 Å². The van der Waals surface area contributed by atoms with Crippen molar-refractivity contribution in [2.75, 3.05) is 0 Å². The van der Waals surface area contributed by atoms with Gasteiger partial charge in [0.05, 0.1) is 16.9 Å². The van der Waals surface area contributed by atoms with Crippen molar-refractivity contribution in [1.29, 1.82) is 0 Å². The quantitative estimate of drug-likeness (QED) is 0.851. The molecule has 2 heterocycles. The van der Waals surface area contributed by atoms with E-state index in [-0.39, 0.29) is 11.3 Å². The van der Waals surface area contributed by atoms with Crippen molar-refractivity contribution < 1.29 is 14.6 Å². The van der Waals surface area contributed by atoms with E-state index in [1.165, 1.54) is 0 Å². The molecule has 1 aromatic heterocycles. The first-order valence-electron chi connectivity index (χ1n) is 7.20. The number of benzene rings is 1. The highest BCUT2D eigenvalue weighted by Gasteiger charge is 2.42. The van der Waals surface area contributed by atoms with Gasteiger partial charge >= 0.3 is 5.97 Å². The number of rotatable bonds is 2. The number of aliphatic hydroxyl groups excluding tert-OH is 1. The Balaban J connectivity index is 2.16. The van der Waals surface area contributed by atoms with Crippen LogP contribution in [0.15, 0.2) is 30.3 Å². The molecule has 0 fully saturated rings. The van der Waals surface area contributed by atoms with Crippen LogP contribution in [0.5, 0.6) is 0 Å². The van der Waals surface area contributed by atoms with Gasteiger partial charge in [0.1, 0.15) is 5.57 Å². The maximum Gasteiger partial charge on any atom is 0.343 e. The van der Waals surface area contributed by atoms with Crippen LogP contribution in [0.1, 0.15) is 30.5 Å². The predicted molar refractivity (Wildman–Crippen MR) is 87.8 cm³/mol. The van der Waals surface area contributed by atoms with Crippen LogP contribution in [0.3, 0.4) is 0 Å². The number of aryl methyl sites for hydroxylation is 2. The molecule has 120 valence electrons. The number of hydrogen-bond acceptors (Lipinski definition) is 4. The molecule has 0 amide bonds. The lowest BCUT2D eigenvalue weighted by Gasteiger charge is -2.16. The summed E-state index contributed by atoms with van der Waals surface area (Å²) < 4.78 is 6.92. The fraction of sp³-hybridized carbons (Fsp3) is 0.294. The zero-order chi connectivity index (χ0) is 16.9. The monoisotopic (exact) mass is 332 g/mol. The normalized spacial score (nSPS) is 16.8. The van der Waals surface area contributed by atoms with Crippen LogP contribution in [-0.2, 0) is 9.53 Å². The Labute approximate surface area is 139 Å². The predicted octanol–water partition coefficient (Wildman–Crippen LogP) is 3.75. The minimum Gasteiger partial charge on any atom is -0.507 e. The molecule has 1 aliphatic heterocycles. The Morgan fingerprint density at radius 2 is 1.87 bits per heavy atom. The first kappa shape index (κ1) is 15.6. The number of nitrogens with zero attached hydrogens (tertiary/aromatic N) is 2. The largest absolute Gasteiger partial charge is 0.507 e. The summed E-state index contributed by atoms with van der Waals surface area (Å²) in [5.74, 6) is -0.544. The van der Waals surface area contributed by atoms with Gasteiger partial charge in [-0.3, -0.25) is 0 Å². The van der Waals surface area contributed by atoms with Crippen molar-refractivity contribution in [3.8, 4) is 5.69 Å². The molecule has 0 unspecified atom stereocenters. The van der Waals surface area contributed by atoms with E-state index in [0.29, 0.717) is 10.6 Å². The second-order valence-electron chi connectivity index (χ2n) is 6.18. The molecule has 1 N–H and O–H groups in total. The van der Waals surface area contributed by atoms with E-state index >= 15 is 0 Å². The van der Waals surface area contributed by atoms with E-state index in [0.717, 1.165) is 16.8 Å². The maximum absolute atomic E-state index is 12.2. The molecular formula is C17H17ClN2O3. The highest BCUT2D eigenvalue weighted by atomic mass is 35.5. The number of esters is 1. The Morgan fingerprint density at radius 1 is 1.26 bits per heavy atom. The molecule has 0 atom stereocenters. The van der Waals surface area contributed by atoms with Crippen LogP contribution in [0.4, 0.5) is 0 Å². The zero-order valence-corrected chi connectivity index (χ0v) is 14.1. The Kier molecular flexibility index (Phi) is 3.48. The first-order chi connectivity index (χ1) is 10.7. The fourth-order valence-corrected chi connectivity index (χ4v) is 2.99. The maximum atomic E-state index is 12.2. The number of aromatic nitrogens is 2. The third-order valence-electron chi connectivity index (χ3n) is 3.94. The van der Waals surface area contributed by atoms with Crippen molar-refractivity contribution >= 4 is 23.1 Å². The minimum atomic E-state index is -1.00. The molecule has 0 saturated heterocycles. The molecule has 0 saturated carbocycles. The molecule has 23 heavy (non-hydrogen) atoms. The summed E-state index contributed by atoms with van der Waals surface area (Å²) in [7, 11) is 0. The number of aliphatic hydroxyl groups is 1. The van der Waals surface area contributed by atoms with Crippen molar-refractivity contribution in [2.24, 2.45) is 0 Å². The van der Waals surface area contributed by atoms with Crippen LogP contribution in [0, 0.1) is 13.8 Å². The van der Waals surface area contributed by atoms with E-state index in [2.05, 4.69) is 5.10 Å². The average Bonchev–Trinajstić information content (AvgIpc) is 2.94. The zero-order valence-electron chi connectivity index (χ0n) is 13.3. The van der Waals surface area contributed by atoms with Gasteiger partial charge in [0.2, 0.25) is 0 Å². The third-order valence-corrected chi connectivity index (χ3v) is 4.14. The van der Waals surface area contributed by atoms with Crippen LogP contribution in [0.2, 0.25) is 5.02 Å². The van der Waals surface area contributed by atoms with Crippen LogP contribution < -0.4 is 0 Å². The van der Waals surface area contributed by atoms with Gasteiger partial charge in [-0.2, -0.15) is 5.10 Å².